The van der Waals surface area contributed by atoms with Gasteiger partial charge in [0.05, 0.1) is 0 Å². The van der Waals surface area contributed by atoms with E-state index in [1.54, 1.807) is 0 Å². The molecule has 0 spiro atoms. The van der Waals surface area contributed by atoms with E-state index in [-0.39, 0.29) is 17.5 Å². The van der Waals surface area contributed by atoms with Gasteiger partial charge in [-0.15, -0.1) is 0 Å². The Hall–Kier alpha value is -0.610. The van der Waals surface area contributed by atoms with Crippen LogP contribution in [0.4, 0.5) is 0 Å². The molecule has 5 N–H and O–H groups in total. The molecule has 2 atom stereocenters. The predicted octanol–water partition coefficient (Wildman–Crippen LogP) is 0.994. The second-order valence-electron chi connectivity index (χ2n) is 5.43. The highest BCUT2D eigenvalue weighted by Crippen LogP contribution is 2.15. The Morgan fingerprint density at radius 2 is 1.94 bits per heavy atom. The molecule has 2 unspecified atom stereocenters. The van der Waals surface area contributed by atoms with Crippen LogP contribution in [0.3, 0.4) is 0 Å². The van der Waals surface area contributed by atoms with Crippen LogP contribution in [0.5, 0.6) is 0 Å². The molecule has 0 aliphatic heterocycles. The quantitative estimate of drug-likeness (QED) is 0.609. The normalized spacial score (nSPS) is 16.9. The van der Waals surface area contributed by atoms with E-state index < -0.39 is 0 Å². The van der Waals surface area contributed by atoms with Crippen LogP contribution in [0.2, 0.25) is 0 Å². The molecule has 0 radical (unpaired) electrons. The Labute approximate surface area is 99.1 Å². The fourth-order valence-electron chi connectivity index (χ4n) is 1.84. The van der Waals surface area contributed by atoms with Gasteiger partial charge >= 0.3 is 0 Å². The number of carbonyl (C=O) groups excluding carboxylic acids is 1. The van der Waals surface area contributed by atoms with E-state index in [0.29, 0.717) is 25.3 Å². The van der Waals surface area contributed by atoms with E-state index >= 15 is 0 Å². The zero-order chi connectivity index (χ0) is 12.8. The minimum absolute atomic E-state index is 0.0471. The van der Waals surface area contributed by atoms with Gasteiger partial charge in [-0.25, -0.2) is 0 Å². The highest BCUT2D eigenvalue weighted by Gasteiger charge is 2.25. The third-order valence-corrected chi connectivity index (χ3v) is 2.58. The summed E-state index contributed by atoms with van der Waals surface area (Å²) >= 11 is 0. The molecule has 0 aliphatic rings. The monoisotopic (exact) mass is 229 g/mol. The molecule has 0 aliphatic carbocycles. The second-order valence-corrected chi connectivity index (χ2v) is 5.43. The van der Waals surface area contributed by atoms with Crippen LogP contribution in [-0.4, -0.2) is 24.0 Å². The summed E-state index contributed by atoms with van der Waals surface area (Å²) in [6.07, 6.45) is 2.09. The van der Waals surface area contributed by atoms with Gasteiger partial charge in [0.25, 0.3) is 0 Å². The van der Waals surface area contributed by atoms with Gasteiger partial charge in [0, 0.05) is 24.5 Å². The predicted molar refractivity (Wildman–Crippen MR) is 67.9 cm³/mol. The van der Waals surface area contributed by atoms with Gasteiger partial charge in [-0.3, -0.25) is 4.79 Å². The zero-order valence-corrected chi connectivity index (χ0v) is 11.0. The molecule has 0 aromatic carbocycles. The van der Waals surface area contributed by atoms with Crippen LogP contribution in [0.15, 0.2) is 0 Å². The molecule has 0 saturated carbocycles. The minimum atomic E-state index is -0.289. The van der Waals surface area contributed by atoms with Crippen molar-refractivity contribution in [1.82, 2.24) is 5.32 Å². The van der Waals surface area contributed by atoms with Crippen molar-refractivity contribution in [2.45, 2.75) is 58.5 Å². The molecule has 0 aromatic rings. The van der Waals surface area contributed by atoms with E-state index in [0.717, 1.165) is 6.42 Å². The first-order chi connectivity index (χ1) is 7.29. The number of amides is 1. The zero-order valence-electron chi connectivity index (χ0n) is 11.0. The topological polar surface area (TPSA) is 81.1 Å². The van der Waals surface area contributed by atoms with Gasteiger partial charge in [0.1, 0.15) is 0 Å². The second kappa shape index (κ2) is 6.86. The Balaban J connectivity index is 4.14. The highest BCUT2D eigenvalue weighted by molar-refractivity contribution is 5.76. The van der Waals surface area contributed by atoms with Crippen molar-refractivity contribution in [3.8, 4) is 0 Å². The molecular weight excluding hydrogens is 202 g/mol. The van der Waals surface area contributed by atoms with Gasteiger partial charge in [-0.2, -0.15) is 0 Å². The molecule has 0 fully saturated rings. The van der Waals surface area contributed by atoms with Crippen LogP contribution < -0.4 is 16.8 Å². The summed E-state index contributed by atoms with van der Waals surface area (Å²) in [5.41, 5.74) is 11.0. The Bertz CT molecular complexity index is 216. The summed E-state index contributed by atoms with van der Waals surface area (Å²) in [7, 11) is 0. The van der Waals surface area contributed by atoms with Gasteiger partial charge < -0.3 is 16.8 Å². The third kappa shape index (κ3) is 6.80. The largest absolute Gasteiger partial charge is 0.350 e. The molecule has 0 bridgehead atoms. The van der Waals surface area contributed by atoms with Crippen molar-refractivity contribution in [2.24, 2.45) is 17.4 Å². The van der Waals surface area contributed by atoms with Crippen LogP contribution in [-0.2, 0) is 4.79 Å². The lowest BCUT2D eigenvalue weighted by molar-refractivity contribution is -0.123. The van der Waals surface area contributed by atoms with E-state index in [1.165, 1.54) is 0 Å². The standard InChI is InChI=1S/C12H27N3O/c1-9(2)7-12(4,8-13)15-11(16)6-5-10(3)14/h9-10H,5-8,13-14H2,1-4H3,(H,15,16). The van der Waals surface area contributed by atoms with E-state index in [1.807, 2.05) is 13.8 Å². The number of rotatable bonds is 7. The lowest BCUT2D eigenvalue weighted by Crippen LogP contribution is -2.52. The first-order valence-electron chi connectivity index (χ1n) is 6.05. The molecule has 16 heavy (non-hydrogen) atoms. The van der Waals surface area contributed by atoms with Gasteiger partial charge in [0.2, 0.25) is 5.91 Å². The van der Waals surface area contributed by atoms with Crippen molar-refractivity contribution in [2.75, 3.05) is 6.54 Å². The SMILES string of the molecule is CC(C)CC(C)(CN)NC(=O)CCC(C)N. The van der Waals surface area contributed by atoms with E-state index in [9.17, 15) is 4.79 Å². The molecule has 0 rings (SSSR count). The van der Waals surface area contributed by atoms with Crippen LogP contribution in [0, 0.1) is 5.92 Å². The maximum absolute atomic E-state index is 11.7. The average molecular weight is 229 g/mol. The van der Waals surface area contributed by atoms with Crippen molar-refractivity contribution < 1.29 is 4.79 Å². The van der Waals surface area contributed by atoms with E-state index in [4.69, 9.17) is 11.5 Å². The summed E-state index contributed by atoms with van der Waals surface area (Å²) in [4.78, 5) is 11.7. The minimum Gasteiger partial charge on any atom is -0.350 e. The smallest absolute Gasteiger partial charge is 0.220 e. The molecular formula is C12H27N3O. The molecule has 0 saturated heterocycles. The maximum atomic E-state index is 11.7. The molecule has 4 nitrogen and oxygen atoms in total. The third-order valence-electron chi connectivity index (χ3n) is 2.58. The van der Waals surface area contributed by atoms with Crippen LogP contribution >= 0.6 is 0 Å². The lowest BCUT2D eigenvalue weighted by atomic mass is 9.90. The average Bonchev–Trinajstić information content (AvgIpc) is 2.13. The fourth-order valence-corrected chi connectivity index (χ4v) is 1.84. The van der Waals surface area contributed by atoms with Crippen LogP contribution in [0.1, 0.15) is 47.0 Å². The number of nitrogens with one attached hydrogen (secondary N) is 1. The van der Waals surface area contributed by atoms with Gasteiger partial charge in [-0.1, -0.05) is 13.8 Å². The highest BCUT2D eigenvalue weighted by atomic mass is 16.1. The summed E-state index contributed by atoms with van der Waals surface area (Å²) in [5, 5.41) is 3.01. The molecule has 1 amide bonds. The Kier molecular flexibility index (Phi) is 6.60. The number of nitrogens with two attached hydrogens (primary N) is 2. The number of carbonyl (C=O) groups is 1. The molecule has 0 heterocycles. The van der Waals surface area contributed by atoms with Crippen molar-refractivity contribution >= 4 is 5.91 Å². The lowest BCUT2D eigenvalue weighted by Gasteiger charge is -2.31. The van der Waals surface area contributed by atoms with Crippen LogP contribution in [0.25, 0.3) is 0 Å². The number of hydrogen-bond donors (Lipinski definition) is 3. The first-order valence-corrected chi connectivity index (χ1v) is 6.05. The Morgan fingerprint density at radius 3 is 2.31 bits per heavy atom. The summed E-state index contributed by atoms with van der Waals surface area (Å²) < 4.78 is 0. The summed E-state index contributed by atoms with van der Waals surface area (Å²) in [6, 6.07) is 0.0694. The molecule has 96 valence electrons. The fraction of sp³-hybridized carbons (Fsp3) is 0.917. The summed E-state index contributed by atoms with van der Waals surface area (Å²) in [5.74, 6) is 0.563. The van der Waals surface area contributed by atoms with Crippen molar-refractivity contribution in [3.05, 3.63) is 0 Å². The van der Waals surface area contributed by atoms with Crippen molar-refractivity contribution in [3.63, 3.8) is 0 Å². The van der Waals surface area contributed by atoms with Gasteiger partial charge in [0.15, 0.2) is 0 Å². The molecule has 4 heteroatoms. The first kappa shape index (κ1) is 15.4. The van der Waals surface area contributed by atoms with E-state index in [2.05, 4.69) is 19.2 Å². The molecule has 0 aromatic heterocycles. The van der Waals surface area contributed by atoms with Gasteiger partial charge in [-0.05, 0) is 32.6 Å². The maximum Gasteiger partial charge on any atom is 0.220 e. The Morgan fingerprint density at radius 1 is 1.38 bits per heavy atom. The summed E-state index contributed by atoms with van der Waals surface area (Å²) in [6.45, 7) is 8.62. The van der Waals surface area contributed by atoms with Crippen molar-refractivity contribution in [1.29, 1.82) is 0 Å². The number of hydrogen-bond acceptors (Lipinski definition) is 3.